The molecule has 4 aliphatic rings. The second-order valence-electron chi connectivity index (χ2n) is 34.0. The number of halogens is 10. The Hall–Kier alpha value is -14.8. The number of nitrogens with two attached hydrogens (primary N) is 2. The normalized spacial score (nSPS) is 20.3. The number of amides is 16. The van der Waals surface area contributed by atoms with E-state index in [1.165, 1.54) is 30.5 Å². The first-order valence-electron chi connectivity index (χ1n) is 43.7. The number of carboxylic acids is 1. The Morgan fingerprint density at radius 2 is 1.02 bits per heavy atom. The van der Waals surface area contributed by atoms with Crippen molar-refractivity contribution in [1.29, 1.82) is 0 Å². The fourth-order valence-electron chi connectivity index (χ4n) is 14.7. The smallest absolute Gasteiger partial charge is 0.303 e. The number of hydrogen-bond donors (Lipinski definition) is 23. The standard InChI is InChI=1S/C88H105F10N19O23S/c1-35(2)25-52(107-40(7)120)84(134)117-70(39(6)119)88(138)113-56(30-44-31-101-49-14-9-8-13-46(44)49)83(133)115-57-32-102-71-62(91)66(95)73(67(96)63(71)92)141(139,140)74-68(97)64(93)72(65(94)69(74)98)103-33-58(86(136)116-59(34-118)87(137)106-37(4)76(126)104-36(3)75(100)125)114-82(132)55(29-43-17-20-47(89)48(90)26-43)111-78(128)50(21-23-60(99)122)108-77(127)38(5)105-80(130)53(27-41-11-10-12-41)112-81(131)54(28-42-15-18-45(121)19-16-42)110-79(129)51(109-85(57)135)22-24-61(123)124/h8-9,13-20,26,31,35-39,41,50-59,70,101-103,118-119,121H,10-12,21-25,27-30,32-34H2,1-7H3,(H2,99,122)(H2,100,125)(H,104,126)(H,105,130)(H,106,137)(H,107,120)(H,108,127)(H,109,135)(H,110,129)(H,111,128)(H,112,131)(H,113,138)(H,114,132)(H,115,133)(H,116,136)(H,117,134)(H,123,124)/t36-,37-,38-,39+,50-,51-,52-,53-,54-,55-,56-,57-,58+,59-,70-/m0/s1. The number of phenolic OH excluding ortho intramolecular Hbond substituents is 1. The number of aromatic hydroxyl groups is 1. The van der Waals surface area contributed by atoms with Crippen LogP contribution in [0.1, 0.15) is 123 Å². The molecule has 25 N–H and O–H groups in total. The molecule has 1 fully saturated rings. The van der Waals surface area contributed by atoms with Gasteiger partial charge in [-0.25, -0.2) is 52.3 Å². The predicted octanol–water partition coefficient (Wildman–Crippen LogP) is -1.25. The van der Waals surface area contributed by atoms with E-state index in [1.54, 1.807) is 36.6 Å². The highest BCUT2D eigenvalue weighted by Crippen LogP contribution is 2.40. The van der Waals surface area contributed by atoms with E-state index in [-0.39, 0.29) is 41.6 Å². The van der Waals surface area contributed by atoms with Crippen molar-refractivity contribution in [3.05, 3.63) is 148 Å². The number of phenols is 1. The number of nitrogens with one attached hydrogen (secondary N) is 17. The van der Waals surface area contributed by atoms with Crippen molar-refractivity contribution in [3.63, 3.8) is 0 Å². The second-order valence-corrected chi connectivity index (χ2v) is 35.8. The van der Waals surface area contributed by atoms with E-state index in [0.717, 1.165) is 52.8 Å². The molecule has 141 heavy (non-hydrogen) atoms. The number of fused-ring (bicyclic) bond motifs is 3. The fraction of sp³-hybridized carbons (Fsp3) is 0.443. The molecule has 42 nitrogen and oxygen atoms in total. The second kappa shape index (κ2) is 49.7. The molecule has 16 amide bonds. The Morgan fingerprint density at radius 3 is 1.55 bits per heavy atom. The van der Waals surface area contributed by atoms with Gasteiger partial charge in [0.1, 0.15) is 112 Å². The number of aliphatic carboxylic acids is 1. The molecule has 1 aliphatic carbocycles. The van der Waals surface area contributed by atoms with Gasteiger partial charge >= 0.3 is 5.97 Å². The summed E-state index contributed by atoms with van der Waals surface area (Å²) in [7, 11) is -7.21. The van der Waals surface area contributed by atoms with Gasteiger partial charge in [-0.3, -0.25) is 81.5 Å². The summed E-state index contributed by atoms with van der Waals surface area (Å²) in [6.45, 7) is 3.51. The van der Waals surface area contributed by atoms with E-state index in [4.69, 9.17) is 11.5 Å². The number of aromatic amines is 1. The van der Waals surface area contributed by atoms with Crippen molar-refractivity contribution in [2.24, 2.45) is 23.3 Å². The van der Waals surface area contributed by atoms with Gasteiger partial charge in [0.2, 0.25) is 104 Å². The summed E-state index contributed by atoms with van der Waals surface area (Å²) in [6.07, 6.45) is -5.77. The molecule has 15 atom stereocenters. The number of sulfone groups is 1. The molecule has 5 aromatic carbocycles. The van der Waals surface area contributed by atoms with Crippen LogP contribution in [0.3, 0.4) is 0 Å². The number of H-pyrrole nitrogens is 1. The zero-order valence-corrected chi connectivity index (χ0v) is 77.1. The van der Waals surface area contributed by atoms with Crippen LogP contribution in [0, 0.1) is 70.0 Å². The number of aromatic nitrogens is 1. The number of carbonyl (C=O) groups is 17. The Kier molecular flexibility index (Phi) is 39.3. The van der Waals surface area contributed by atoms with Crippen LogP contribution in [0.2, 0.25) is 0 Å². The van der Waals surface area contributed by atoms with Crippen LogP contribution in [0.25, 0.3) is 10.9 Å². The molecule has 0 spiro atoms. The Balaban J connectivity index is 1.31. The minimum Gasteiger partial charge on any atom is -0.508 e. The summed E-state index contributed by atoms with van der Waals surface area (Å²) < 4.78 is 194. The lowest BCUT2D eigenvalue weighted by Gasteiger charge is -2.31. The lowest BCUT2D eigenvalue weighted by Crippen LogP contribution is -2.62. The van der Waals surface area contributed by atoms with Crippen LogP contribution in [0.15, 0.2) is 82.7 Å². The number of carbonyl (C=O) groups excluding carboxylic acids is 16. The highest BCUT2D eigenvalue weighted by atomic mass is 32.2. The molecule has 0 saturated heterocycles. The molecular formula is C88H105F10N19O23S. The van der Waals surface area contributed by atoms with E-state index < -0.39 is 351 Å². The highest BCUT2D eigenvalue weighted by molar-refractivity contribution is 7.91. The predicted molar refractivity (Wildman–Crippen MR) is 473 cm³/mol. The lowest BCUT2D eigenvalue weighted by atomic mass is 9.80. The number of hydrogen-bond acceptors (Lipinski definition) is 24. The molecule has 0 unspecified atom stereocenters. The van der Waals surface area contributed by atoms with Crippen LogP contribution in [0.5, 0.6) is 5.75 Å². The van der Waals surface area contributed by atoms with Crippen molar-refractivity contribution in [1.82, 2.24) is 79.4 Å². The van der Waals surface area contributed by atoms with Crippen molar-refractivity contribution in [2.75, 3.05) is 30.3 Å². The molecule has 766 valence electrons. The average molecular weight is 2020 g/mol. The van der Waals surface area contributed by atoms with E-state index in [1.807, 2.05) is 16.0 Å². The van der Waals surface area contributed by atoms with Crippen LogP contribution in [-0.4, -0.2) is 245 Å². The third-order valence-corrected chi connectivity index (χ3v) is 24.4. The summed E-state index contributed by atoms with van der Waals surface area (Å²) in [5.74, 6) is -52.9. The number of anilines is 2. The van der Waals surface area contributed by atoms with Gasteiger partial charge in [0.25, 0.3) is 0 Å². The van der Waals surface area contributed by atoms with Crippen molar-refractivity contribution >= 4 is 133 Å². The van der Waals surface area contributed by atoms with Crippen molar-refractivity contribution < 1.29 is 154 Å². The zero-order valence-electron chi connectivity index (χ0n) is 76.2. The van der Waals surface area contributed by atoms with Crippen LogP contribution < -0.4 is 96.5 Å². The van der Waals surface area contributed by atoms with Crippen LogP contribution >= 0.6 is 0 Å². The molecular weight excluding hydrogens is 1910 g/mol. The zero-order chi connectivity index (χ0) is 105. The quantitative estimate of drug-likeness (QED) is 0.0173. The van der Waals surface area contributed by atoms with Gasteiger partial charge in [0.15, 0.2) is 58.2 Å². The largest absolute Gasteiger partial charge is 0.508 e. The fourth-order valence-corrected chi connectivity index (χ4v) is 16.2. The summed E-state index contributed by atoms with van der Waals surface area (Å²) >= 11 is 0. The molecule has 10 rings (SSSR count). The van der Waals surface area contributed by atoms with E-state index >= 15 is 58.7 Å². The van der Waals surface area contributed by atoms with Crippen LogP contribution in [0.4, 0.5) is 55.3 Å². The van der Waals surface area contributed by atoms with Crippen molar-refractivity contribution in [3.8, 4) is 5.75 Å². The molecule has 6 aromatic rings. The number of aliphatic hydroxyl groups is 2. The van der Waals surface area contributed by atoms with E-state index in [0.29, 0.717) is 42.3 Å². The molecule has 4 heterocycles. The Bertz CT molecular complexity index is 5830. The van der Waals surface area contributed by atoms with Gasteiger partial charge in [0.05, 0.1) is 12.7 Å². The Labute approximate surface area is 796 Å². The van der Waals surface area contributed by atoms with Crippen molar-refractivity contribution in [2.45, 2.75) is 226 Å². The minimum atomic E-state index is -7.21. The van der Waals surface area contributed by atoms with Gasteiger partial charge in [-0.15, -0.1) is 0 Å². The van der Waals surface area contributed by atoms with Gasteiger partial charge < -0.3 is 122 Å². The average Bonchev–Trinajstić information content (AvgIpc) is 1.06. The number of carboxylic acid groups (broad SMARTS) is 1. The molecule has 53 heteroatoms. The van der Waals surface area contributed by atoms with Gasteiger partial charge in [-0.05, 0) is 112 Å². The number of benzene rings is 5. The third-order valence-electron chi connectivity index (χ3n) is 22.6. The number of primary amides is 2. The summed E-state index contributed by atoms with van der Waals surface area (Å²) in [4.78, 5) is 235. The van der Waals surface area contributed by atoms with Gasteiger partial charge in [-0.1, -0.05) is 69.5 Å². The Morgan fingerprint density at radius 1 is 0.518 bits per heavy atom. The third kappa shape index (κ3) is 29.9. The molecule has 1 saturated carbocycles. The number of rotatable bonds is 32. The maximum atomic E-state index is 17.1. The first kappa shape index (κ1) is 111. The molecule has 0 radical (unpaired) electrons. The van der Waals surface area contributed by atoms with E-state index in [9.17, 15) is 95.6 Å². The SMILES string of the molecule is CC(=O)N[C@@H](CC(C)C)C(=O)N[C@H](C(=O)N[C@@H](Cc1c[nH]c2ccccc12)C(=O)N[C@H]1CNc2c(F)c(F)c(c(F)c2F)S(=O)(=O)c2c(F)c(F)c(c(F)c2F)NC[C@H](C(=O)N[C@@H](CO)C(=O)N[C@@H](C)C(=O)N[C@@H](C)C(N)=O)NC(=O)[C@H](Cc2ccc(F)c(F)c2)NC(=O)[C@H](CCC(N)=O)NC(=O)[C@H](C)NC(=O)[C@H](CC2CCC2)NC(=O)[C@H](Cc2ccc(O)cc2)NC(=O)[C@H](CCC(=O)O)NC1=O)[C@@H](C)O. The maximum absolute atomic E-state index is 17.1. The summed E-state index contributed by atoms with van der Waals surface area (Å²) in [5, 5.41) is 76.3. The number of aliphatic hydroxyl groups excluding tert-OH is 2. The number of para-hydroxylation sites is 1. The maximum Gasteiger partial charge on any atom is 0.303 e. The lowest BCUT2D eigenvalue weighted by molar-refractivity contribution is -0.139. The van der Waals surface area contributed by atoms with Gasteiger partial charge in [-0.2, -0.15) is 0 Å². The molecule has 1 aromatic heterocycles. The first-order valence-corrected chi connectivity index (χ1v) is 45.2. The summed E-state index contributed by atoms with van der Waals surface area (Å²) in [6, 6.07) is -16.3. The van der Waals surface area contributed by atoms with Crippen LogP contribution in [-0.2, 0) is 111 Å². The highest BCUT2D eigenvalue weighted by Gasteiger charge is 2.45. The monoisotopic (exact) mass is 2020 g/mol. The van der Waals surface area contributed by atoms with E-state index in [2.05, 4.69) is 63.5 Å². The minimum absolute atomic E-state index is 0.0539. The molecule has 3 aliphatic heterocycles. The first-order chi connectivity index (χ1) is 66.2. The summed E-state index contributed by atoms with van der Waals surface area (Å²) in [5.41, 5.74) is 6.31. The topological polar surface area (TPSA) is 666 Å². The van der Waals surface area contributed by atoms with Gasteiger partial charge in [0, 0.05) is 69.2 Å². The molecule has 4 bridgehead atoms.